The molecule has 1 aromatic rings. The fourth-order valence-corrected chi connectivity index (χ4v) is 2.02. The first-order chi connectivity index (χ1) is 6.85. The SMILES string of the molecule is NCC(F)(F)Cc1c(Cl)cc(Cl)cc1Cl. The van der Waals surface area contributed by atoms with Crippen LogP contribution in [0.4, 0.5) is 8.78 Å². The number of benzene rings is 1. The van der Waals surface area contributed by atoms with E-state index in [9.17, 15) is 8.78 Å². The highest BCUT2D eigenvalue weighted by Crippen LogP contribution is 2.32. The van der Waals surface area contributed by atoms with Crippen molar-refractivity contribution in [2.75, 3.05) is 6.54 Å². The van der Waals surface area contributed by atoms with Crippen LogP contribution in [0, 0.1) is 0 Å². The molecule has 0 spiro atoms. The standard InChI is InChI=1S/C9H8Cl3F2N/c10-5-1-7(11)6(8(12)2-5)3-9(13,14)4-15/h1-2H,3-4,15H2. The van der Waals surface area contributed by atoms with Crippen LogP contribution in [0.5, 0.6) is 0 Å². The molecule has 2 N–H and O–H groups in total. The van der Waals surface area contributed by atoms with E-state index in [-0.39, 0.29) is 15.6 Å². The van der Waals surface area contributed by atoms with Crippen molar-refractivity contribution < 1.29 is 8.78 Å². The van der Waals surface area contributed by atoms with Gasteiger partial charge in [-0.1, -0.05) is 34.8 Å². The van der Waals surface area contributed by atoms with Crippen LogP contribution in [0.25, 0.3) is 0 Å². The van der Waals surface area contributed by atoms with Crippen molar-refractivity contribution in [1.29, 1.82) is 0 Å². The van der Waals surface area contributed by atoms with E-state index in [4.69, 9.17) is 40.5 Å². The molecule has 84 valence electrons. The van der Waals surface area contributed by atoms with E-state index in [0.29, 0.717) is 5.02 Å². The maximum atomic E-state index is 13.0. The van der Waals surface area contributed by atoms with E-state index < -0.39 is 18.9 Å². The normalized spacial score (nSPS) is 11.9. The highest BCUT2D eigenvalue weighted by Gasteiger charge is 2.29. The molecule has 0 radical (unpaired) electrons. The second-order valence-corrected chi connectivity index (χ2v) is 4.34. The summed E-state index contributed by atoms with van der Waals surface area (Å²) in [5.41, 5.74) is 5.09. The quantitative estimate of drug-likeness (QED) is 0.892. The van der Waals surface area contributed by atoms with E-state index in [1.54, 1.807) is 0 Å². The molecule has 0 unspecified atom stereocenters. The largest absolute Gasteiger partial charge is 0.325 e. The van der Waals surface area contributed by atoms with Gasteiger partial charge in [0.15, 0.2) is 0 Å². The van der Waals surface area contributed by atoms with Gasteiger partial charge in [-0.2, -0.15) is 0 Å². The first-order valence-electron chi connectivity index (χ1n) is 4.07. The minimum absolute atomic E-state index is 0.126. The third-order valence-electron chi connectivity index (χ3n) is 1.84. The molecule has 1 rings (SSSR count). The Hall–Kier alpha value is -0.0900. The summed E-state index contributed by atoms with van der Waals surface area (Å²) in [5, 5.41) is 0.561. The molecule has 6 heteroatoms. The Labute approximate surface area is 101 Å². The maximum absolute atomic E-state index is 13.0. The van der Waals surface area contributed by atoms with Gasteiger partial charge < -0.3 is 5.73 Å². The number of nitrogens with two attached hydrogens (primary N) is 1. The molecule has 1 nitrogen and oxygen atoms in total. The zero-order valence-electron chi connectivity index (χ0n) is 7.54. The predicted molar refractivity (Wildman–Crippen MR) is 59.2 cm³/mol. The Morgan fingerprint density at radius 3 is 2.00 bits per heavy atom. The zero-order chi connectivity index (χ0) is 11.6. The average Bonchev–Trinajstić information content (AvgIpc) is 2.11. The lowest BCUT2D eigenvalue weighted by atomic mass is 10.1. The second-order valence-electron chi connectivity index (χ2n) is 3.08. The van der Waals surface area contributed by atoms with Gasteiger partial charge in [-0.05, 0) is 17.7 Å². The Bertz CT molecular complexity index is 345. The number of alkyl halides is 2. The third kappa shape index (κ3) is 3.45. The molecule has 0 bridgehead atoms. The number of hydrogen-bond donors (Lipinski definition) is 1. The Morgan fingerprint density at radius 1 is 1.13 bits per heavy atom. The third-order valence-corrected chi connectivity index (χ3v) is 2.73. The number of hydrogen-bond acceptors (Lipinski definition) is 1. The van der Waals surface area contributed by atoms with E-state index in [0.717, 1.165) is 0 Å². The molecule has 0 aliphatic carbocycles. The Kier molecular flexibility index (Phi) is 4.18. The summed E-state index contributed by atoms with van der Waals surface area (Å²) in [6.07, 6.45) is -0.585. The second kappa shape index (κ2) is 4.83. The van der Waals surface area contributed by atoms with E-state index in [1.165, 1.54) is 12.1 Å². The van der Waals surface area contributed by atoms with Gasteiger partial charge >= 0.3 is 0 Å². The lowest BCUT2D eigenvalue weighted by molar-refractivity contribution is 0.0115. The minimum Gasteiger partial charge on any atom is -0.325 e. The van der Waals surface area contributed by atoms with Gasteiger partial charge in [-0.3, -0.25) is 0 Å². The zero-order valence-corrected chi connectivity index (χ0v) is 9.80. The van der Waals surface area contributed by atoms with Crippen LogP contribution in [0.3, 0.4) is 0 Å². The molecule has 0 saturated carbocycles. The van der Waals surface area contributed by atoms with E-state index in [2.05, 4.69) is 0 Å². The van der Waals surface area contributed by atoms with Crippen molar-refractivity contribution in [3.8, 4) is 0 Å². The summed E-state index contributed by atoms with van der Waals surface area (Å²) in [5.74, 6) is -3.01. The summed E-state index contributed by atoms with van der Waals surface area (Å²) in [6, 6.07) is 2.74. The molecular formula is C9H8Cl3F2N. The maximum Gasteiger partial charge on any atom is 0.264 e. The van der Waals surface area contributed by atoms with Crippen LogP contribution in [-0.2, 0) is 6.42 Å². The van der Waals surface area contributed by atoms with Crippen LogP contribution in [0.2, 0.25) is 15.1 Å². The van der Waals surface area contributed by atoms with Crippen LogP contribution >= 0.6 is 34.8 Å². The molecule has 0 atom stereocenters. The van der Waals surface area contributed by atoms with Gasteiger partial charge in [0.25, 0.3) is 5.92 Å². The van der Waals surface area contributed by atoms with Gasteiger partial charge in [0.2, 0.25) is 0 Å². The molecule has 15 heavy (non-hydrogen) atoms. The minimum atomic E-state index is -3.01. The molecule has 0 saturated heterocycles. The molecule has 0 aromatic heterocycles. The summed E-state index contributed by atoms with van der Waals surface area (Å²) >= 11 is 17.2. The van der Waals surface area contributed by atoms with E-state index >= 15 is 0 Å². The molecule has 0 fully saturated rings. The van der Waals surface area contributed by atoms with Crippen molar-refractivity contribution in [2.45, 2.75) is 12.3 Å². The van der Waals surface area contributed by atoms with Gasteiger partial charge in [0, 0.05) is 21.5 Å². The fraction of sp³-hybridized carbons (Fsp3) is 0.333. The summed E-state index contributed by atoms with van der Waals surface area (Å²) in [7, 11) is 0. The first kappa shape index (κ1) is 13.0. The van der Waals surface area contributed by atoms with Crippen LogP contribution < -0.4 is 5.73 Å². The van der Waals surface area contributed by atoms with Gasteiger partial charge in [0.05, 0.1) is 6.54 Å². The van der Waals surface area contributed by atoms with Gasteiger partial charge in [-0.15, -0.1) is 0 Å². The average molecular weight is 275 g/mol. The van der Waals surface area contributed by atoms with Crippen molar-refractivity contribution >= 4 is 34.8 Å². The molecule has 0 aliphatic rings. The monoisotopic (exact) mass is 273 g/mol. The topological polar surface area (TPSA) is 26.0 Å². The summed E-state index contributed by atoms with van der Waals surface area (Å²) < 4.78 is 26.0. The van der Waals surface area contributed by atoms with Gasteiger partial charge in [-0.25, -0.2) is 8.78 Å². The van der Waals surface area contributed by atoms with Crippen molar-refractivity contribution in [3.05, 3.63) is 32.8 Å². The molecular weight excluding hydrogens is 266 g/mol. The molecule has 0 amide bonds. The highest BCUT2D eigenvalue weighted by molar-refractivity contribution is 6.39. The molecule has 1 aromatic carbocycles. The predicted octanol–water partition coefficient (Wildman–Crippen LogP) is 3.78. The molecule has 0 aliphatic heterocycles. The van der Waals surface area contributed by atoms with Crippen molar-refractivity contribution in [2.24, 2.45) is 5.73 Å². The van der Waals surface area contributed by atoms with Crippen LogP contribution in [-0.4, -0.2) is 12.5 Å². The van der Waals surface area contributed by atoms with Crippen molar-refractivity contribution in [1.82, 2.24) is 0 Å². The number of rotatable bonds is 3. The Balaban J connectivity index is 3.05. The Morgan fingerprint density at radius 2 is 1.60 bits per heavy atom. The first-order valence-corrected chi connectivity index (χ1v) is 5.20. The van der Waals surface area contributed by atoms with Gasteiger partial charge in [0.1, 0.15) is 0 Å². The lowest BCUT2D eigenvalue weighted by Crippen LogP contribution is -2.30. The summed E-state index contributed by atoms with van der Waals surface area (Å²) in [4.78, 5) is 0. The van der Waals surface area contributed by atoms with E-state index in [1.807, 2.05) is 0 Å². The van der Waals surface area contributed by atoms with Crippen LogP contribution in [0.15, 0.2) is 12.1 Å². The lowest BCUT2D eigenvalue weighted by Gasteiger charge is -2.15. The smallest absolute Gasteiger partial charge is 0.264 e. The van der Waals surface area contributed by atoms with Crippen LogP contribution in [0.1, 0.15) is 5.56 Å². The number of halogens is 5. The molecule has 0 heterocycles. The fourth-order valence-electron chi connectivity index (χ4n) is 1.07. The van der Waals surface area contributed by atoms with Crippen molar-refractivity contribution in [3.63, 3.8) is 0 Å². The highest BCUT2D eigenvalue weighted by atomic mass is 35.5. The summed E-state index contributed by atoms with van der Waals surface area (Å²) in [6.45, 7) is -0.748.